The maximum Gasteiger partial charge on any atom is 0.193 e. The average Bonchev–Trinajstić information content (AvgIpc) is 2.93. The normalized spacial score (nSPS) is 22.1. The fourth-order valence-electron chi connectivity index (χ4n) is 4.14. The van der Waals surface area contributed by atoms with E-state index in [1.54, 1.807) is 0 Å². The van der Waals surface area contributed by atoms with Gasteiger partial charge in [0.1, 0.15) is 6.10 Å². The molecule has 6 nitrogen and oxygen atoms in total. The topological polar surface area (TPSA) is 43.3 Å². The van der Waals surface area contributed by atoms with Gasteiger partial charge in [0, 0.05) is 33.2 Å². The monoisotopic (exact) mass is 515 g/mol. The van der Waals surface area contributed by atoms with Gasteiger partial charge in [-0.1, -0.05) is 24.3 Å². The van der Waals surface area contributed by atoms with Crippen LogP contribution in [0.5, 0.6) is 0 Å². The fourth-order valence-corrected chi connectivity index (χ4v) is 4.14. The summed E-state index contributed by atoms with van der Waals surface area (Å²) in [5, 5.41) is 3.57. The highest BCUT2D eigenvalue weighted by Gasteiger charge is 2.25. The molecular weight excluding hydrogens is 477 g/mol. The van der Waals surface area contributed by atoms with E-state index in [0.29, 0.717) is 0 Å². The zero-order chi connectivity index (χ0) is 19.8. The van der Waals surface area contributed by atoms with Crippen molar-refractivity contribution < 1.29 is 4.74 Å². The minimum Gasteiger partial charge on any atom is -0.370 e. The summed E-state index contributed by atoms with van der Waals surface area (Å²) in [6.07, 6.45) is 2.54. The van der Waals surface area contributed by atoms with E-state index < -0.39 is 0 Å². The van der Waals surface area contributed by atoms with Crippen molar-refractivity contribution in [3.8, 4) is 0 Å². The van der Waals surface area contributed by atoms with Gasteiger partial charge in [0.2, 0.25) is 0 Å². The van der Waals surface area contributed by atoms with E-state index in [9.17, 15) is 0 Å². The van der Waals surface area contributed by atoms with Crippen LogP contribution in [0.1, 0.15) is 30.1 Å². The molecule has 0 aliphatic carbocycles. The molecule has 2 aliphatic rings. The zero-order valence-corrected chi connectivity index (χ0v) is 20.6. The second-order valence-corrected chi connectivity index (χ2v) is 7.99. The van der Waals surface area contributed by atoms with Crippen LogP contribution in [0.3, 0.4) is 0 Å². The molecular formula is C22H38IN5O. The summed E-state index contributed by atoms with van der Waals surface area (Å²) in [5.74, 6) is 0.998. The first-order chi connectivity index (χ1) is 13.7. The molecule has 2 fully saturated rings. The lowest BCUT2D eigenvalue weighted by Crippen LogP contribution is -2.48. The summed E-state index contributed by atoms with van der Waals surface area (Å²) in [4.78, 5) is 11.9. The van der Waals surface area contributed by atoms with Gasteiger partial charge in [-0.15, -0.1) is 24.0 Å². The number of benzene rings is 1. The van der Waals surface area contributed by atoms with Crippen LogP contribution in [0.2, 0.25) is 0 Å². The number of nitrogens with zero attached hydrogens (tertiary/aromatic N) is 4. The Morgan fingerprint density at radius 3 is 2.79 bits per heavy atom. The average molecular weight is 515 g/mol. The molecule has 0 aromatic heterocycles. The van der Waals surface area contributed by atoms with Crippen molar-refractivity contribution in [3.63, 3.8) is 0 Å². The SMILES string of the molecule is CN=C(NCCCN1CCCN(C)CC1)N1CCOC(c2ccccc2C)C1.I. The van der Waals surface area contributed by atoms with Crippen molar-refractivity contribution in [2.24, 2.45) is 4.99 Å². The van der Waals surface area contributed by atoms with Crippen molar-refractivity contribution >= 4 is 29.9 Å². The summed E-state index contributed by atoms with van der Waals surface area (Å²) < 4.78 is 6.06. The molecule has 0 spiro atoms. The van der Waals surface area contributed by atoms with Gasteiger partial charge in [-0.3, -0.25) is 4.99 Å². The quantitative estimate of drug-likeness (QED) is 0.283. The van der Waals surface area contributed by atoms with Crippen molar-refractivity contribution in [1.82, 2.24) is 20.0 Å². The molecule has 0 radical (unpaired) electrons. The largest absolute Gasteiger partial charge is 0.370 e. The molecule has 0 saturated carbocycles. The fraction of sp³-hybridized carbons (Fsp3) is 0.682. The van der Waals surface area contributed by atoms with Crippen molar-refractivity contribution in [1.29, 1.82) is 0 Å². The van der Waals surface area contributed by atoms with Crippen LogP contribution in [0.15, 0.2) is 29.3 Å². The van der Waals surface area contributed by atoms with E-state index in [-0.39, 0.29) is 30.1 Å². The van der Waals surface area contributed by atoms with Crippen LogP contribution in [-0.4, -0.2) is 93.7 Å². The zero-order valence-electron chi connectivity index (χ0n) is 18.3. The Hall–Kier alpha value is -0.900. The van der Waals surface area contributed by atoms with E-state index in [4.69, 9.17) is 4.74 Å². The Morgan fingerprint density at radius 2 is 2.00 bits per heavy atom. The number of guanidine groups is 1. The first-order valence-corrected chi connectivity index (χ1v) is 10.7. The highest BCUT2D eigenvalue weighted by atomic mass is 127. The number of ether oxygens (including phenoxy) is 1. The smallest absolute Gasteiger partial charge is 0.193 e. The molecule has 164 valence electrons. The highest BCUT2D eigenvalue weighted by molar-refractivity contribution is 14.0. The summed E-state index contributed by atoms with van der Waals surface area (Å²) in [6.45, 7) is 11.6. The van der Waals surface area contributed by atoms with E-state index in [1.807, 2.05) is 7.05 Å². The molecule has 1 aromatic carbocycles. The number of nitrogens with one attached hydrogen (secondary N) is 1. The minimum atomic E-state index is 0. The molecule has 1 N–H and O–H groups in total. The van der Waals surface area contributed by atoms with Crippen molar-refractivity contribution in [2.45, 2.75) is 25.9 Å². The summed E-state index contributed by atoms with van der Waals surface area (Å²) >= 11 is 0. The predicted molar refractivity (Wildman–Crippen MR) is 131 cm³/mol. The summed E-state index contributed by atoms with van der Waals surface area (Å²) in [5.41, 5.74) is 2.58. The number of morpholine rings is 1. The molecule has 0 bridgehead atoms. The number of hydrogen-bond donors (Lipinski definition) is 1. The van der Waals surface area contributed by atoms with Gasteiger partial charge in [0.05, 0.1) is 13.2 Å². The van der Waals surface area contributed by atoms with E-state index in [2.05, 4.69) is 63.2 Å². The number of hydrogen-bond acceptors (Lipinski definition) is 4. The van der Waals surface area contributed by atoms with Crippen LogP contribution in [0.25, 0.3) is 0 Å². The Balaban J connectivity index is 0.00000300. The Kier molecular flexibility index (Phi) is 10.7. The van der Waals surface area contributed by atoms with Crippen molar-refractivity contribution in [3.05, 3.63) is 35.4 Å². The van der Waals surface area contributed by atoms with Crippen LogP contribution < -0.4 is 5.32 Å². The standard InChI is InChI=1S/C22H37N5O.HI/c1-19-8-4-5-9-20(19)21-18-27(16-17-28-21)22(23-2)24-10-6-12-26-13-7-11-25(3)14-15-26;/h4-5,8-9,21H,6-7,10-18H2,1-3H3,(H,23,24);1H. The first-order valence-electron chi connectivity index (χ1n) is 10.7. The lowest BCUT2D eigenvalue weighted by Gasteiger charge is -2.35. The predicted octanol–water partition coefficient (Wildman–Crippen LogP) is 2.59. The third-order valence-corrected chi connectivity index (χ3v) is 5.86. The van der Waals surface area contributed by atoms with E-state index >= 15 is 0 Å². The second-order valence-electron chi connectivity index (χ2n) is 7.99. The van der Waals surface area contributed by atoms with Gasteiger partial charge in [-0.05, 0) is 57.6 Å². The number of aryl methyl sites for hydroxylation is 1. The number of rotatable bonds is 5. The Morgan fingerprint density at radius 1 is 1.17 bits per heavy atom. The molecule has 1 unspecified atom stereocenters. The van der Waals surface area contributed by atoms with Crippen LogP contribution in [0, 0.1) is 6.92 Å². The molecule has 3 rings (SSSR count). The molecule has 2 heterocycles. The molecule has 1 atom stereocenters. The Bertz CT molecular complexity index is 641. The first kappa shape index (κ1) is 24.4. The molecule has 2 saturated heterocycles. The van der Waals surface area contributed by atoms with E-state index in [1.165, 1.54) is 43.7 Å². The highest BCUT2D eigenvalue weighted by Crippen LogP contribution is 2.24. The third kappa shape index (κ3) is 7.38. The molecule has 7 heteroatoms. The van der Waals surface area contributed by atoms with Gasteiger partial charge < -0.3 is 24.8 Å². The maximum absolute atomic E-state index is 6.06. The minimum absolute atomic E-state index is 0. The van der Waals surface area contributed by atoms with Gasteiger partial charge in [0.15, 0.2) is 5.96 Å². The third-order valence-electron chi connectivity index (χ3n) is 5.86. The lowest BCUT2D eigenvalue weighted by atomic mass is 10.0. The number of likely N-dealkylation sites (N-methyl/N-ethyl adjacent to an activating group) is 1. The van der Waals surface area contributed by atoms with Gasteiger partial charge in [-0.25, -0.2) is 0 Å². The van der Waals surface area contributed by atoms with Crippen LogP contribution >= 0.6 is 24.0 Å². The van der Waals surface area contributed by atoms with E-state index in [0.717, 1.165) is 45.2 Å². The van der Waals surface area contributed by atoms with Gasteiger partial charge in [0.25, 0.3) is 0 Å². The van der Waals surface area contributed by atoms with Gasteiger partial charge in [-0.2, -0.15) is 0 Å². The molecule has 2 aliphatic heterocycles. The van der Waals surface area contributed by atoms with Crippen LogP contribution in [0.4, 0.5) is 0 Å². The van der Waals surface area contributed by atoms with Crippen molar-refractivity contribution in [2.75, 3.05) is 73.1 Å². The summed E-state index contributed by atoms with van der Waals surface area (Å²) in [6, 6.07) is 8.52. The molecule has 0 amide bonds. The second kappa shape index (κ2) is 12.7. The molecule has 29 heavy (non-hydrogen) atoms. The van der Waals surface area contributed by atoms with Crippen LogP contribution in [-0.2, 0) is 4.74 Å². The maximum atomic E-state index is 6.06. The number of halogens is 1. The molecule has 1 aromatic rings. The van der Waals surface area contributed by atoms with Gasteiger partial charge >= 0.3 is 0 Å². The lowest BCUT2D eigenvalue weighted by molar-refractivity contribution is -0.00831. The number of aliphatic imine (C=N–C) groups is 1. The summed E-state index contributed by atoms with van der Waals surface area (Å²) in [7, 11) is 4.10. The Labute approximate surface area is 193 Å².